The topological polar surface area (TPSA) is 88.1 Å². The van der Waals surface area contributed by atoms with Crippen LogP contribution in [-0.4, -0.2) is 48.4 Å². The molecule has 2 aromatic carbocycles. The van der Waals surface area contributed by atoms with Crippen molar-refractivity contribution in [3.05, 3.63) is 89.3 Å². The van der Waals surface area contributed by atoms with E-state index in [0.29, 0.717) is 30.1 Å². The number of benzene rings is 2. The van der Waals surface area contributed by atoms with Crippen LogP contribution in [0.2, 0.25) is 0 Å². The number of carbonyl (C=O) groups excluding carboxylic acids is 1. The Morgan fingerprint density at radius 2 is 1.78 bits per heavy atom. The smallest absolute Gasteiger partial charge is 0.253 e. The number of piperidine rings is 1. The monoisotopic (exact) mass is 487 g/mol. The highest BCUT2D eigenvalue weighted by Gasteiger charge is 2.31. The molecule has 6 heteroatoms. The molecule has 1 aliphatic heterocycles. The summed E-state index contributed by atoms with van der Waals surface area (Å²) in [6.45, 7) is 5.94. The van der Waals surface area contributed by atoms with Gasteiger partial charge in [-0.2, -0.15) is 0 Å². The van der Waals surface area contributed by atoms with E-state index in [4.69, 9.17) is 10.5 Å². The van der Waals surface area contributed by atoms with E-state index in [0.717, 1.165) is 48.9 Å². The van der Waals surface area contributed by atoms with E-state index >= 15 is 0 Å². The number of nitrogens with two attached hydrogens (primary N) is 1. The lowest BCUT2D eigenvalue weighted by Gasteiger charge is -2.39. The number of nitrogens with zero attached hydrogens (tertiary/aromatic N) is 2. The van der Waals surface area contributed by atoms with E-state index in [9.17, 15) is 9.90 Å². The lowest BCUT2D eigenvalue weighted by molar-refractivity contribution is 0.0609. The molecule has 1 amide bonds. The van der Waals surface area contributed by atoms with Crippen molar-refractivity contribution in [1.82, 2.24) is 4.90 Å². The number of hydrogen-bond acceptors (Lipinski definition) is 5. The molecule has 0 atom stereocenters. The number of amides is 1. The molecule has 0 bridgehead atoms. The average Bonchev–Trinajstić information content (AvgIpc) is 2.86. The molecule has 0 aromatic heterocycles. The number of phenolic OH excluding ortho intramolecular Hbond substituents is 1. The Morgan fingerprint density at radius 1 is 1.11 bits per heavy atom. The summed E-state index contributed by atoms with van der Waals surface area (Å²) in [4.78, 5) is 19.2. The quantitative estimate of drug-likeness (QED) is 0.293. The number of carbonyl (C=O) groups is 1. The van der Waals surface area contributed by atoms with Gasteiger partial charge in [-0.15, -0.1) is 0 Å². The van der Waals surface area contributed by atoms with Crippen molar-refractivity contribution in [2.75, 3.05) is 26.7 Å². The van der Waals surface area contributed by atoms with Gasteiger partial charge in [-0.05, 0) is 54.5 Å². The number of hydrogen-bond donors (Lipinski definition) is 2. The first-order valence-corrected chi connectivity index (χ1v) is 12.9. The van der Waals surface area contributed by atoms with Gasteiger partial charge in [0, 0.05) is 43.8 Å². The van der Waals surface area contributed by atoms with Crippen LogP contribution in [-0.2, 0) is 11.2 Å². The number of para-hydroxylation sites is 1. The highest BCUT2D eigenvalue weighted by atomic mass is 16.5. The van der Waals surface area contributed by atoms with Gasteiger partial charge in [0.15, 0.2) is 0 Å². The van der Waals surface area contributed by atoms with E-state index in [1.54, 1.807) is 31.3 Å². The first-order valence-electron chi connectivity index (χ1n) is 12.9. The number of rotatable bonds is 9. The van der Waals surface area contributed by atoms with E-state index in [1.165, 1.54) is 19.3 Å². The van der Waals surface area contributed by atoms with Gasteiger partial charge in [0.2, 0.25) is 0 Å². The summed E-state index contributed by atoms with van der Waals surface area (Å²) >= 11 is 0. The lowest BCUT2D eigenvalue weighted by atomic mass is 9.72. The molecular formula is C30H37N3O3. The predicted molar refractivity (Wildman–Crippen MR) is 144 cm³/mol. The number of aliphatic imine (C=N–C) groups is 1. The predicted octanol–water partition coefficient (Wildman–Crippen LogP) is 5.08. The molecule has 6 nitrogen and oxygen atoms in total. The maximum Gasteiger partial charge on any atom is 0.253 e. The minimum absolute atomic E-state index is 0.130. The molecule has 4 rings (SSSR count). The minimum Gasteiger partial charge on any atom is -0.507 e. The van der Waals surface area contributed by atoms with E-state index in [-0.39, 0.29) is 17.4 Å². The Morgan fingerprint density at radius 3 is 2.36 bits per heavy atom. The van der Waals surface area contributed by atoms with Crippen molar-refractivity contribution in [3.63, 3.8) is 0 Å². The molecule has 2 aromatic rings. The van der Waals surface area contributed by atoms with Crippen LogP contribution in [0.1, 0.15) is 53.6 Å². The third-order valence-corrected chi connectivity index (χ3v) is 7.50. The van der Waals surface area contributed by atoms with Crippen molar-refractivity contribution >= 4 is 11.6 Å². The fourth-order valence-electron chi connectivity index (χ4n) is 5.06. The van der Waals surface area contributed by atoms with Crippen molar-refractivity contribution < 1.29 is 14.6 Å². The van der Waals surface area contributed by atoms with Crippen molar-refractivity contribution in [2.24, 2.45) is 22.6 Å². The van der Waals surface area contributed by atoms with E-state index < -0.39 is 0 Å². The van der Waals surface area contributed by atoms with E-state index in [1.807, 2.05) is 35.2 Å². The summed E-state index contributed by atoms with van der Waals surface area (Å²) in [6.07, 6.45) is 8.76. The minimum atomic E-state index is 0.130. The van der Waals surface area contributed by atoms with Crippen molar-refractivity contribution in [1.29, 1.82) is 0 Å². The molecule has 2 aliphatic rings. The highest BCUT2D eigenvalue weighted by molar-refractivity contribution is 6.10. The maximum absolute atomic E-state index is 13.0. The summed E-state index contributed by atoms with van der Waals surface area (Å²) in [7, 11) is 1.65. The Labute approximate surface area is 214 Å². The fourth-order valence-corrected chi connectivity index (χ4v) is 5.06. The van der Waals surface area contributed by atoms with Gasteiger partial charge >= 0.3 is 0 Å². The molecule has 36 heavy (non-hydrogen) atoms. The molecular weight excluding hydrogens is 450 g/mol. The van der Waals surface area contributed by atoms with Gasteiger partial charge in [-0.25, -0.2) is 0 Å². The van der Waals surface area contributed by atoms with Gasteiger partial charge in [-0.3, -0.25) is 9.79 Å². The zero-order valence-corrected chi connectivity index (χ0v) is 21.2. The van der Waals surface area contributed by atoms with E-state index in [2.05, 4.69) is 11.6 Å². The second-order valence-corrected chi connectivity index (χ2v) is 9.78. The Balaban J connectivity index is 1.30. The SMILES string of the molecule is C=C(N)/C(=C\C(=NC)c1ccccc1O)OCCc1ccc(C(=O)N2CCC(C3CCC3)CC2)cc1. The van der Waals surface area contributed by atoms with Crippen LogP contribution in [0.5, 0.6) is 5.75 Å². The van der Waals surface area contributed by atoms with Crippen LogP contribution >= 0.6 is 0 Å². The second kappa shape index (κ2) is 11.9. The lowest BCUT2D eigenvalue weighted by Crippen LogP contribution is -2.41. The normalized spacial score (nSPS) is 17.5. The second-order valence-electron chi connectivity index (χ2n) is 9.78. The fraction of sp³-hybridized carbons (Fsp3) is 0.400. The molecule has 1 heterocycles. The molecule has 0 radical (unpaired) electrons. The summed E-state index contributed by atoms with van der Waals surface area (Å²) in [5.74, 6) is 2.39. The van der Waals surface area contributed by atoms with Crippen LogP contribution in [0.3, 0.4) is 0 Å². The number of aromatic hydroxyl groups is 1. The number of likely N-dealkylation sites (tertiary alicyclic amines) is 1. The first-order chi connectivity index (χ1) is 17.5. The third kappa shape index (κ3) is 6.17. The van der Waals surface area contributed by atoms with Crippen LogP contribution < -0.4 is 5.73 Å². The summed E-state index contributed by atoms with van der Waals surface area (Å²) in [5, 5.41) is 10.1. The molecule has 190 valence electrons. The van der Waals surface area contributed by atoms with Gasteiger partial charge in [0.25, 0.3) is 5.91 Å². The number of allylic oxidation sites excluding steroid dienone is 1. The zero-order chi connectivity index (χ0) is 25.5. The molecule has 1 aliphatic carbocycles. The summed E-state index contributed by atoms with van der Waals surface area (Å²) < 4.78 is 5.92. The Hall–Kier alpha value is -3.54. The van der Waals surface area contributed by atoms with Gasteiger partial charge in [0.05, 0.1) is 18.0 Å². The third-order valence-electron chi connectivity index (χ3n) is 7.50. The summed E-state index contributed by atoms with van der Waals surface area (Å²) in [5.41, 5.74) is 9.19. The van der Waals surface area contributed by atoms with Crippen molar-refractivity contribution in [3.8, 4) is 5.75 Å². The Bertz CT molecular complexity index is 1120. The molecule has 3 N–H and O–H groups in total. The molecule has 1 saturated heterocycles. The van der Waals surface area contributed by atoms with Crippen LogP contribution in [0.25, 0.3) is 0 Å². The molecule has 0 unspecified atom stereocenters. The Kier molecular flexibility index (Phi) is 8.47. The number of phenols is 1. The van der Waals surface area contributed by atoms with Gasteiger partial charge < -0.3 is 20.5 Å². The maximum atomic E-state index is 13.0. The molecule has 1 saturated carbocycles. The van der Waals surface area contributed by atoms with Gasteiger partial charge in [0.1, 0.15) is 11.5 Å². The standard InChI is InChI=1S/C30H37N3O3/c1-21(31)29(20-27(32-2)26-8-3-4-9-28(26)34)36-19-16-22-10-12-25(13-11-22)30(35)33-17-14-24(15-18-33)23-6-5-7-23/h3-4,8-13,20,23-24,34H,1,5-7,14-19,31H2,2H3/b29-20+,32-27?. The van der Waals surface area contributed by atoms with Crippen molar-refractivity contribution in [2.45, 2.75) is 38.5 Å². The van der Waals surface area contributed by atoms with Crippen LogP contribution in [0.15, 0.2) is 77.6 Å². The largest absolute Gasteiger partial charge is 0.507 e. The molecule has 2 fully saturated rings. The average molecular weight is 488 g/mol. The molecule has 0 spiro atoms. The highest BCUT2D eigenvalue weighted by Crippen LogP contribution is 2.38. The van der Waals surface area contributed by atoms with Crippen LogP contribution in [0, 0.1) is 11.8 Å². The van der Waals surface area contributed by atoms with Crippen LogP contribution in [0.4, 0.5) is 0 Å². The van der Waals surface area contributed by atoms with Gasteiger partial charge in [-0.1, -0.05) is 50.1 Å². The zero-order valence-electron chi connectivity index (χ0n) is 21.2. The first kappa shape index (κ1) is 25.5. The summed E-state index contributed by atoms with van der Waals surface area (Å²) in [6, 6.07) is 14.8. The number of ether oxygens (including phenoxy) is 1.